The number of ether oxygens (including phenoxy) is 1. The van der Waals surface area contributed by atoms with Crippen molar-refractivity contribution in [2.24, 2.45) is 0 Å². The summed E-state index contributed by atoms with van der Waals surface area (Å²) < 4.78 is 5.57. The van der Waals surface area contributed by atoms with Crippen molar-refractivity contribution in [3.05, 3.63) is 59.7 Å². The zero-order chi connectivity index (χ0) is 20.3. The van der Waals surface area contributed by atoms with Crippen molar-refractivity contribution >= 4 is 17.6 Å². The molecular weight excluding hydrogens is 356 g/mol. The van der Waals surface area contributed by atoms with Gasteiger partial charge in [-0.15, -0.1) is 0 Å². The van der Waals surface area contributed by atoms with E-state index in [9.17, 15) is 14.7 Å². The van der Waals surface area contributed by atoms with Gasteiger partial charge < -0.3 is 24.4 Å². The fourth-order valence-electron chi connectivity index (χ4n) is 3.13. The van der Waals surface area contributed by atoms with Crippen molar-refractivity contribution < 1.29 is 19.4 Å². The van der Waals surface area contributed by atoms with Gasteiger partial charge in [-0.3, -0.25) is 4.79 Å². The molecule has 148 valence electrons. The van der Waals surface area contributed by atoms with E-state index in [-0.39, 0.29) is 5.91 Å². The summed E-state index contributed by atoms with van der Waals surface area (Å²) in [7, 11) is 0. The van der Waals surface area contributed by atoms with Gasteiger partial charge in [-0.1, -0.05) is 23.8 Å². The van der Waals surface area contributed by atoms with Crippen LogP contribution in [0.25, 0.3) is 0 Å². The van der Waals surface area contributed by atoms with Crippen molar-refractivity contribution in [1.29, 1.82) is 0 Å². The molecule has 0 atom stereocenters. The van der Waals surface area contributed by atoms with E-state index in [1.54, 1.807) is 6.07 Å². The number of benzene rings is 2. The molecule has 0 radical (unpaired) electrons. The van der Waals surface area contributed by atoms with Crippen molar-refractivity contribution in [3.8, 4) is 5.75 Å². The van der Waals surface area contributed by atoms with E-state index in [0.29, 0.717) is 37.5 Å². The van der Waals surface area contributed by atoms with E-state index in [1.807, 2.05) is 54.3 Å². The van der Waals surface area contributed by atoms with Crippen LogP contribution in [0.3, 0.4) is 0 Å². The predicted molar refractivity (Wildman–Crippen MR) is 105 cm³/mol. The van der Waals surface area contributed by atoms with Crippen LogP contribution in [-0.4, -0.2) is 48.6 Å². The summed E-state index contributed by atoms with van der Waals surface area (Å²) in [6.45, 7) is 7.58. The Kier molecular flexibility index (Phi) is 5.58. The molecule has 1 amide bonds. The average molecular weight is 381 g/mol. The molecule has 0 bridgehead atoms. The maximum Gasteiger partial charge on any atom is 0.253 e. The number of carbonyl (C=O) groups excluding carboxylic acids is 2. The summed E-state index contributed by atoms with van der Waals surface area (Å²) in [5, 5.41) is 11.2. The molecule has 0 spiro atoms. The van der Waals surface area contributed by atoms with Crippen molar-refractivity contribution in [1.82, 2.24) is 4.90 Å². The lowest BCUT2D eigenvalue weighted by molar-refractivity contribution is -0.320. The van der Waals surface area contributed by atoms with E-state index in [2.05, 4.69) is 4.90 Å². The number of rotatable bonds is 5. The van der Waals surface area contributed by atoms with Crippen LogP contribution in [0.1, 0.15) is 29.8 Å². The summed E-state index contributed by atoms with van der Waals surface area (Å²) in [4.78, 5) is 27.8. The van der Waals surface area contributed by atoms with Crippen LogP contribution in [0.2, 0.25) is 0 Å². The van der Waals surface area contributed by atoms with Gasteiger partial charge in [-0.25, -0.2) is 0 Å². The van der Waals surface area contributed by atoms with E-state index in [1.165, 1.54) is 13.8 Å². The number of carboxylic acids is 1. The van der Waals surface area contributed by atoms with Crippen molar-refractivity contribution in [3.63, 3.8) is 0 Å². The summed E-state index contributed by atoms with van der Waals surface area (Å²) >= 11 is 0. The fourth-order valence-corrected chi connectivity index (χ4v) is 3.13. The van der Waals surface area contributed by atoms with Crippen LogP contribution in [-0.2, 0) is 4.79 Å². The van der Waals surface area contributed by atoms with Gasteiger partial charge in [0, 0.05) is 43.5 Å². The molecule has 6 nitrogen and oxygen atoms in total. The average Bonchev–Trinajstić information content (AvgIpc) is 2.68. The van der Waals surface area contributed by atoms with Gasteiger partial charge in [0.15, 0.2) is 0 Å². The van der Waals surface area contributed by atoms with Gasteiger partial charge in [0.2, 0.25) is 0 Å². The van der Waals surface area contributed by atoms with Gasteiger partial charge in [0.05, 0.1) is 5.97 Å². The monoisotopic (exact) mass is 381 g/mol. The van der Waals surface area contributed by atoms with Gasteiger partial charge in [0.1, 0.15) is 11.4 Å². The van der Waals surface area contributed by atoms with Crippen LogP contribution in [0.4, 0.5) is 5.69 Å². The quantitative estimate of drug-likeness (QED) is 0.791. The molecule has 6 heteroatoms. The second kappa shape index (κ2) is 7.92. The Balaban J connectivity index is 1.63. The number of amides is 1. The Hall–Kier alpha value is -3.02. The summed E-state index contributed by atoms with van der Waals surface area (Å²) in [6.07, 6.45) is 0. The number of anilines is 1. The molecule has 0 saturated carbocycles. The first-order chi connectivity index (χ1) is 13.3. The molecule has 0 aliphatic carbocycles. The van der Waals surface area contributed by atoms with E-state index in [0.717, 1.165) is 11.3 Å². The molecule has 2 aromatic rings. The second-order valence-corrected chi connectivity index (χ2v) is 7.54. The molecule has 1 aliphatic rings. The SMILES string of the molecule is Cc1ccc(C(=O)N2CCN(c3cccc(OC(C)(C)C(=O)[O-])c3)CC2)cc1. The number of nitrogens with zero attached hydrogens (tertiary/aromatic N) is 2. The number of carbonyl (C=O) groups is 2. The third kappa shape index (κ3) is 4.44. The number of aryl methyl sites for hydroxylation is 1. The maximum atomic E-state index is 12.7. The summed E-state index contributed by atoms with van der Waals surface area (Å²) in [6, 6.07) is 15.0. The van der Waals surface area contributed by atoms with E-state index < -0.39 is 11.6 Å². The number of aliphatic carboxylic acids is 1. The zero-order valence-corrected chi connectivity index (χ0v) is 16.5. The molecule has 2 aromatic carbocycles. The highest BCUT2D eigenvalue weighted by atomic mass is 16.5. The second-order valence-electron chi connectivity index (χ2n) is 7.54. The van der Waals surface area contributed by atoms with Crippen LogP contribution in [0, 0.1) is 6.92 Å². The highest BCUT2D eigenvalue weighted by Crippen LogP contribution is 2.25. The minimum absolute atomic E-state index is 0.0486. The number of piperazine rings is 1. The van der Waals surface area contributed by atoms with Gasteiger partial charge in [-0.2, -0.15) is 0 Å². The molecular formula is C22H25N2O4-. The van der Waals surface area contributed by atoms with Gasteiger partial charge in [-0.05, 0) is 45.0 Å². The Morgan fingerprint density at radius 3 is 2.25 bits per heavy atom. The number of hydrogen-bond donors (Lipinski definition) is 0. The van der Waals surface area contributed by atoms with Gasteiger partial charge in [0.25, 0.3) is 5.91 Å². The first-order valence-corrected chi connectivity index (χ1v) is 9.38. The first-order valence-electron chi connectivity index (χ1n) is 9.38. The number of hydrogen-bond acceptors (Lipinski definition) is 5. The molecule has 1 heterocycles. The highest BCUT2D eigenvalue weighted by molar-refractivity contribution is 5.94. The lowest BCUT2D eigenvalue weighted by Crippen LogP contribution is -2.49. The first kappa shape index (κ1) is 19.7. The molecule has 28 heavy (non-hydrogen) atoms. The zero-order valence-electron chi connectivity index (χ0n) is 16.5. The van der Waals surface area contributed by atoms with Crippen LogP contribution in [0.5, 0.6) is 5.75 Å². The van der Waals surface area contributed by atoms with Crippen LogP contribution in [0.15, 0.2) is 48.5 Å². The molecule has 1 saturated heterocycles. The molecule has 0 N–H and O–H groups in total. The lowest BCUT2D eigenvalue weighted by Gasteiger charge is -2.36. The largest absolute Gasteiger partial charge is 0.546 e. The van der Waals surface area contributed by atoms with Crippen molar-refractivity contribution in [2.75, 3.05) is 31.1 Å². The lowest BCUT2D eigenvalue weighted by atomic mass is 10.1. The highest BCUT2D eigenvalue weighted by Gasteiger charge is 2.24. The minimum Gasteiger partial charge on any atom is -0.546 e. The van der Waals surface area contributed by atoms with Gasteiger partial charge >= 0.3 is 0 Å². The smallest absolute Gasteiger partial charge is 0.253 e. The fraction of sp³-hybridized carbons (Fsp3) is 0.364. The predicted octanol–water partition coefficient (Wildman–Crippen LogP) is 1.86. The maximum absolute atomic E-state index is 12.7. The standard InChI is InChI=1S/C22H26N2O4/c1-16-7-9-17(10-8-16)20(25)24-13-11-23(12-14-24)18-5-4-6-19(15-18)28-22(2,3)21(26)27/h4-10,15H,11-14H2,1-3H3,(H,26,27)/p-1. The molecule has 0 aromatic heterocycles. The summed E-state index contributed by atoms with van der Waals surface area (Å²) in [5.41, 5.74) is 1.37. The molecule has 0 unspecified atom stereocenters. The Morgan fingerprint density at radius 1 is 1.00 bits per heavy atom. The Morgan fingerprint density at radius 2 is 1.64 bits per heavy atom. The molecule has 1 aliphatic heterocycles. The van der Waals surface area contributed by atoms with E-state index >= 15 is 0 Å². The third-order valence-corrected chi connectivity index (χ3v) is 4.91. The molecule has 1 fully saturated rings. The molecule has 3 rings (SSSR count). The third-order valence-electron chi connectivity index (χ3n) is 4.91. The van der Waals surface area contributed by atoms with Crippen LogP contribution < -0.4 is 14.7 Å². The van der Waals surface area contributed by atoms with E-state index in [4.69, 9.17) is 4.74 Å². The minimum atomic E-state index is -1.40. The Bertz CT molecular complexity index is 853. The van der Waals surface area contributed by atoms with Crippen LogP contribution >= 0.6 is 0 Å². The Labute approximate surface area is 165 Å². The topological polar surface area (TPSA) is 72.9 Å². The summed E-state index contributed by atoms with van der Waals surface area (Å²) in [5.74, 6) is -0.738. The normalized spacial score (nSPS) is 14.7. The van der Waals surface area contributed by atoms with Crippen molar-refractivity contribution in [2.45, 2.75) is 26.4 Å². The number of carboxylic acid groups (broad SMARTS) is 1.